The van der Waals surface area contributed by atoms with Gasteiger partial charge in [0.25, 0.3) is 0 Å². The average molecular weight is 397 g/mol. The first-order chi connectivity index (χ1) is 13.6. The molecule has 0 bridgehead atoms. The normalized spacial score (nSPS) is 19.4. The number of phenolic OH excluding ortho intramolecular Hbond substituents is 1. The van der Waals surface area contributed by atoms with Crippen LogP contribution in [0.3, 0.4) is 0 Å². The van der Waals surface area contributed by atoms with Gasteiger partial charge in [-0.3, -0.25) is 0 Å². The highest BCUT2D eigenvalue weighted by molar-refractivity contribution is 6.18. The second-order valence-electron chi connectivity index (χ2n) is 7.49. The van der Waals surface area contributed by atoms with Gasteiger partial charge >= 0.3 is 0 Å². The molecular formula is C23H21ClO4. The highest BCUT2D eigenvalue weighted by Crippen LogP contribution is 2.58. The molecule has 0 saturated heterocycles. The molecule has 0 saturated carbocycles. The van der Waals surface area contributed by atoms with E-state index in [1.54, 1.807) is 7.11 Å². The zero-order valence-corrected chi connectivity index (χ0v) is 16.6. The minimum absolute atomic E-state index is 0.206. The largest absolute Gasteiger partial charge is 0.507 e. The minimum Gasteiger partial charge on any atom is -0.507 e. The first kappa shape index (κ1) is 17.5. The fourth-order valence-corrected chi connectivity index (χ4v) is 5.08. The number of fused-ring (bicyclic) bond motifs is 7. The van der Waals surface area contributed by atoms with Crippen molar-refractivity contribution in [2.45, 2.75) is 18.8 Å². The van der Waals surface area contributed by atoms with Crippen molar-refractivity contribution in [2.75, 3.05) is 26.2 Å². The molecule has 4 nitrogen and oxygen atoms in total. The summed E-state index contributed by atoms with van der Waals surface area (Å²) in [6, 6.07) is 12.1. The first-order valence-electron chi connectivity index (χ1n) is 9.42. The van der Waals surface area contributed by atoms with Gasteiger partial charge < -0.3 is 19.3 Å². The number of ether oxygens (including phenoxy) is 3. The van der Waals surface area contributed by atoms with Crippen molar-refractivity contribution in [3.63, 3.8) is 0 Å². The first-order valence-corrected chi connectivity index (χ1v) is 9.96. The highest BCUT2D eigenvalue weighted by atomic mass is 35.5. The van der Waals surface area contributed by atoms with Crippen LogP contribution in [0, 0.1) is 0 Å². The van der Waals surface area contributed by atoms with Crippen molar-refractivity contribution >= 4 is 22.4 Å². The minimum atomic E-state index is -0.276. The summed E-state index contributed by atoms with van der Waals surface area (Å²) in [5.41, 5.74) is 4.25. The van der Waals surface area contributed by atoms with Crippen molar-refractivity contribution in [1.29, 1.82) is 0 Å². The molecule has 1 atom stereocenters. The van der Waals surface area contributed by atoms with Gasteiger partial charge in [-0.25, -0.2) is 0 Å². The fraction of sp³-hybridized carbons (Fsp3) is 0.304. The molecule has 0 amide bonds. The zero-order chi connectivity index (χ0) is 19.5. The Morgan fingerprint density at radius 3 is 2.61 bits per heavy atom. The van der Waals surface area contributed by atoms with Crippen LogP contribution in [0.1, 0.15) is 24.5 Å². The summed E-state index contributed by atoms with van der Waals surface area (Å²) >= 11 is 6.19. The van der Waals surface area contributed by atoms with Gasteiger partial charge in [0, 0.05) is 22.1 Å². The van der Waals surface area contributed by atoms with Gasteiger partial charge in [-0.05, 0) is 40.8 Å². The molecule has 0 spiro atoms. The number of phenols is 1. The summed E-state index contributed by atoms with van der Waals surface area (Å²) in [6.45, 7) is 3.12. The number of hydrogen-bond acceptors (Lipinski definition) is 4. The second kappa shape index (κ2) is 6.21. The Morgan fingerprint density at radius 1 is 1.11 bits per heavy atom. The van der Waals surface area contributed by atoms with E-state index in [0.29, 0.717) is 41.7 Å². The monoisotopic (exact) mass is 396 g/mol. The van der Waals surface area contributed by atoms with E-state index in [2.05, 4.69) is 25.1 Å². The molecule has 1 N–H and O–H groups in total. The van der Waals surface area contributed by atoms with Crippen LogP contribution in [0.4, 0.5) is 0 Å². The fourth-order valence-electron chi connectivity index (χ4n) is 4.70. The van der Waals surface area contributed by atoms with Crippen molar-refractivity contribution in [3.8, 4) is 34.1 Å². The Kier molecular flexibility index (Phi) is 3.88. The predicted molar refractivity (Wildman–Crippen MR) is 110 cm³/mol. The molecule has 2 aliphatic rings. The molecule has 144 valence electrons. The maximum atomic E-state index is 11.0. The summed E-state index contributed by atoms with van der Waals surface area (Å²) in [7, 11) is 1.59. The number of halogens is 1. The molecule has 0 radical (unpaired) electrons. The van der Waals surface area contributed by atoms with Crippen LogP contribution in [0.5, 0.6) is 23.0 Å². The predicted octanol–water partition coefficient (Wildman–Crippen LogP) is 5.24. The van der Waals surface area contributed by atoms with Crippen LogP contribution in [0.2, 0.25) is 0 Å². The maximum absolute atomic E-state index is 11.0. The molecule has 1 unspecified atom stereocenters. The van der Waals surface area contributed by atoms with Crippen LogP contribution in [0.25, 0.3) is 21.9 Å². The van der Waals surface area contributed by atoms with Crippen molar-refractivity contribution in [3.05, 3.63) is 47.5 Å². The number of aromatic hydroxyl groups is 1. The lowest BCUT2D eigenvalue weighted by Gasteiger charge is -2.28. The molecule has 0 fully saturated rings. The highest BCUT2D eigenvalue weighted by Gasteiger charge is 2.41. The van der Waals surface area contributed by atoms with Crippen LogP contribution in [-0.2, 0) is 5.41 Å². The van der Waals surface area contributed by atoms with Crippen LogP contribution in [-0.4, -0.2) is 31.3 Å². The molecule has 3 aromatic carbocycles. The van der Waals surface area contributed by atoms with E-state index < -0.39 is 0 Å². The Hall–Kier alpha value is -2.59. The van der Waals surface area contributed by atoms with Crippen LogP contribution < -0.4 is 14.2 Å². The van der Waals surface area contributed by atoms with Crippen LogP contribution in [0.15, 0.2) is 36.4 Å². The van der Waals surface area contributed by atoms with E-state index in [1.165, 1.54) is 5.56 Å². The molecule has 5 heteroatoms. The lowest BCUT2D eigenvalue weighted by molar-refractivity contribution is 0.167. The Balaban J connectivity index is 1.96. The topological polar surface area (TPSA) is 47.9 Å². The molecule has 1 aliphatic carbocycles. The van der Waals surface area contributed by atoms with Gasteiger partial charge in [-0.15, -0.1) is 11.6 Å². The van der Waals surface area contributed by atoms with E-state index in [9.17, 15) is 5.11 Å². The Morgan fingerprint density at radius 2 is 1.86 bits per heavy atom. The summed E-state index contributed by atoms with van der Waals surface area (Å²) in [5.74, 6) is 2.53. The number of methoxy groups -OCH3 is 1. The smallest absolute Gasteiger partial charge is 0.204 e. The van der Waals surface area contributed by atoms with Gasteiger partial charge in [0.15, 0.2) is 11.5 Å². The van der Waals surface area contributed by atoms with Crippen LogP contribution >= 0.6 is 11.6 Å². The lowest BCUT2D eigenvalue weighted by atomic mass is 9.77. The third-order valence-electron chi connectivity index (χ3n) is 6.05. The molecule has 1 aliphatic heterocycles. The quantitative estimate of drug-likeness (QED) is 0.615. The molecular weight excluding hydrogens is 376 g/mol. The summed E-state index contributed by atoms with van der Waals surface area (Å²) in [5, 5.41) is 12.5. The summed E-state index contributed by atoms with van der Waals surface area (Å²) in [4.78, 5) is 0. The van der Waals surface area contributed by atoms with Gasteiger partial charge in [0.2, 0.25) is 5.75 Å². The van der Waals surface area contributed by atoms with E-state index in [0.717, 1.165) is 28.5 Å². The van der Waals surface area contributed by atoms with E-state index >= 15 is 0 Å². The third kappa shape index (κ3) is 2.18. The van der Waals surface area contributed by atoms with Gasteiger partial charge in [0.05, 0.1) is 7.11 Å². The van der Waals surface area contributed by atoms with Gasteiger partial charge in [0.1, 0.15) is 19.0 Å². The lowest BCUT2D eigenvalue weighted by Crippen LogP contribution is -2.21. The zero-order valence-electron chi connectivity index (χ0n) is 15.8. The molecule has 3 aromatic rings. The van der Waals surface area contributed by atoms with Crippen molar-refractivity contribution in [2.24, 2.45) is 0 Å². The molecule has 0 aromatic heterocycles. The molecule has 5 rings (SSSR count). The Bertz CT molecular complexity index is 1110. The van der Waals surface area contributed by atoms with Crippen molar-refractivity contribution < 1.29 is 19.3 Å². The van der Waals surface area contributed by atoms with E-state index in [-0.39, 0.29) is 11.2 Å². The van der Waals surface area contributed by atoms with Crippen molar-refractivity contribution in [1.82, 2.24) is 0 Å². The molecule has 28 heavy (non-hydrogen) atoms. The number of hydrogen-bond donors (Lipinski definition) is 1. The van der Waals surface area contributed by atoms with E-state index in [1.807, 2.05) is 18.2 Å². The Labute approximate surface area is 168 Å². The van der Waals surface area contributed by atoms with E-state index in [4.69, 9.17) is 25.8 Å². The molecule has 1 heterocycles. The summed E-state index contributed by atoms with van der Waals surface area (Å²) in [6.07, 6.45) is 0.777. The van der Waals surface area contributed by atoms with Gasteiger partial charge in [-0.1, -0.05) is 31.2 Å². The number of alkyl halides is 1. The third-order valence-corrected chi connectivity index (χ3v) is 6.24. The maximum Gasteiger partial charge on any atom is 0.204 e. The average Bonchev–Trinajstić information content (AvgIpc) is 2.96. The number of benzene rings is 3. The SMILES string of the molecule is COc1cc2c(O)cc3c(c2c2c1OCCO2)-c1ccccc1C3(C)CCCl. The number of rotatable bonds is 3. The standard InChI is InChI=1S/C23H21ClO4/c1-23(7-8-24)15-6-4-3-5-13(15)19-16(23)12-17(25)14-11-18(26-2)21-22(20(14)19)28-10-9-27-21/h3-6,11-12,25H,7-10H2,1-2H3. The second-order valence-corrected chi connectivity index (χ2v) is 7.87. The summed E-state index contributed by atoms with van der Waals surface area (Å²) < 4.78 is 17.5. The van der Waals surface area contributed by atoms with Gasteiger partial charge in [-0.2, -0.15) is 0 Å².